The Morgan fingerprint density at radius 3 is 2.60 bits per heavy atom. The second-order valence-electron chi connectivity index (χ2n) is 4.32. The smallest absolute Gasteiger partial charge is 0.139 e. The summed E-state index contributed by atoms with van der Waals surface area (Å²) in [6, 6.07) is 4.28. The number of nitrogens with zero attached hydrogens (tertiary/aromatic N) is 2. The van der Waals surface area contributed by atoms with Crippen molar-refractivity contribution in [3.05, 3.63) is 29.7 Å². The van der Waals surface area contributed by atoms with Gasteiger partial charge in [-0.3, -0.25) is 0 Å². The highest BCUT2D eigenvalue weighted by atomic mass is 14.8. The zero-order valence-electron chi connectivity index (χ0n) is 9.70. The number of hydrogen-bond acceptors (Lipinski definition) is 2. The average Bonchev–Trinajstić information content (AvgIpc) is 2.23. The molecule has 2 aromatic rings. The first-order valence-electron chi connectivity index (χ1n) is 5.32. The molecule has 0 saturated heterocycles. The second-order valence-corrected chi connectivity index (χ2v) is 4.32. The summed E-state index contributed by atoms with van der Waals surface area (Å²) in [4.78, 5) is 8.74. The molecule has 0 atom stereocenters. The Morgan fingerprint density at radius 2 is 1.93 bits per heavy atom. The van der Waals surface area contributed by atoms with E-state index in [1.165, 1.54) is 16.4 Å². The van der Waals surface area contributed by atoms with Crippen LogP contribution >= 0.6 is 0 Å². The van der Waals surface area contributed by atoms with Gasteiger partial charge in [0.25, 0.3) is 0 Å². The average molecular weight is 198 g/mol. The summed E-state index contributed by atoms with van der Waals surface area (Å²) < 4.78 is 0. The number of aromatic nitrogens is 2. The summed E-state index contributed by atoms with van der Waals surface area (Å²) in [5.41, 5.74) is 4.78. The predicted octanol–water partition coefficient (Wildman–Crippen LogP) is 1.32. The number of fused-ring (bicyclic) bond motifs is 1. The molecule has 0 fully saturated rings. The van der Waals surface area contributed by atoms with Crippen molar-refractivity contribution in [2.24, 2.45) is 0 Å². The fourth-order valence-corrected chi connectivity index (χ4v) is 1.85. The summed E-state index contributed by atoms with van der Waals surface area (Å²) >= 11 is 0. The van der Waals surface area contributed by atoms with Gasteiger partial charge in [-0.15, -0.1) is 0 Å². The topological polar surface area (TPSA) is 25.8 Å². The number of hydrogen-bond donors (Lipinski definition) is 0. The molecule has 1 aromatic carbocycles. The molecule has 76 valence electrons. The van der Waals surface area contributed by atoms with E-state index in [2.05, 4.69) is 50.7 Å². The zero-order valence-corrected chi connectivity index (χ0v) is 9.70. The van der Waals surface area contributed by atoms with E-state index in [1.807, 2.05) is 0 Å². The van der Waals surface area contributed by atoms with Crippen molar-refractivity contribution in [3.8, 4) is 0 Å². The lowest BCUT2D eigenvalue weighted by atomic mass is 9.88. The van der Waals surface area contributed by atoms with Gasteiger partial charge in [-0.05, 0) is 18.4 Å². The van der Waals surface area contributed by atoms with E-state index in [9.17, 15) is 0 Å². The third-order valence-corrected chi connectivity index (χ3v) is 2.91. The van der Waals surface area contributed by atoms with Crippen LogP contribution in [0, 0.1) is 6.92 Å². The molecule has 1 heterocycles. The molecule has 0 unspecified atom stereocenters. The number of aryl methyl sites for hydroxylation is 1. The Bertz CT molecular complexity index is 506. The molecule has 0 spiro atoms. The molecule has 2 nitrogen and oxygen atoms in total. The van der Waals surface area contributed by atoms with Gasteiger partial charge in [-0.2, -0.15) is 0 Å². The van der Waals surface area contributed by atoms with Gasteiger partial charge in [0.1, 0.15) is 14.2 Å². The van der Waals surface area contributed by atoms with Crippen LogP contribution in [0.3, 0.4) is 0 Å². The largest absolute Gasteiger partial charge is 0.240 e. The number of rotatable bonds is 1. The standard InChI is InChI=1S/C12H15BN2/c1-7(2)11-9-4-5-10(13)8(3)12(9)15-6-14-11/h4-7H,13H2,1-3H3. The molecule has 0 radical (unpaired) electrons. The molecule has 1 aromatic heterocycles. The van der Waals surface area contributed by atoms with E-state index in [0.29, 0.717) is 5.92 Å². The summed E-state index contributed by atoms with van der Waals surface area (Å²) in [5, 5.41) is 1.19. The summed E-state index contributed by atoms with van der Waals surface area (Å²) in [5.74, 6) is 0.442. The Labute approximate surface area is 91.2 Å². The van der Waals surface area contributed by atoms with Crippen LogP contribution < -0.4 is 5.46 Å². The second kappa shape index (κ2) is 3.65. The van der Waals surface area contributed by atoms with E-state index in [0.717, 1.165) is 11.2 Å². The van der Waals surface area contributed by atoms with Gasteiger partial charge >= 0.3 is 0 Å². The van der Waals surface area contributed by atoms with Crippen molar-refractivity contribution in [1.29, 1.82) is 0 Å². The van der Waals surface area contributed by atoms with Gasteiger partial charge in [-0.25, -0.2) is 9.97 Å². The van der Waals surface area contributed by atoms with Crippen molar-refractivity contribution < 1.29 is 0 Å². The lowest BCUT2D eigenvalue weighted by molar-refractivity contribution is 0.828. The third-order valence-electron chi connectivity index (χ3n) is 2.91. The van der Waals surface area contributed by atoms with E-state index in [-0.39, 0.29) is 0 Å². The van der Waals surface area contributed by atoms with Crippen LogP contribution in [0.1, 0.15) is 31.0 Å². The van der Waals surface area contributed by atoms with Crippen molar-refractivity contribution in [3.63, 3.8) is 0 Å². The predicted molar refractivity (Wildman–Crippen MR) is 66.5 cm³/mol. The Morgan fingerprint density at radius 1 is 1.20 bits per heavy atom. The highest BCUT2D eigenvalue weighted by Crippen LogP contribution is 2.22. The van der Waals surface area contributed by atoms with Crippen LogP contribution in [0.2, 0.25) is 0 Å². The maximum atomic E-state index is 4.37. The first-order chi connectivity index (χ1) is 7.11. The lowest BCUT2D eigenvalue weighted by Gasteiger charge is -2.10. The maximum absolute atomic E-state index is 4.37. The minimum Gasteiger partial charge on any atom is -0.240 e. The summed E-state index contributed by atoms with van der Waals surface area (Å²) in [6.07, 6.45) is 1.67. The van der Waals surface area contributed by atoms with Gasteiger partial charge in [0.2, 0.25) is 0 Å². The monoisotopic (exact) mass is 198 g/mol. The van der Waals surface area contributed by atoms with Crippen LogP contribution in [0.4, 0.5) is 0 Å². The molecular formula is C12H15BN2. The summed E-state index contributed by atoms with van der Waals surface area (Å²) in [6.45, 7) is 6.45. The van der Waals surface area contributed by atoms with E-state index >= 15 is 0 Å². The molecular weight excluding hydrogens is 183 g/mol. The van der Waals surface area contributed by atoms with E-state index in [1.54, 1.807) is 6.33 Å². The van der Waals surface area contributed by atoms with Crippen molar-refractivity contribution in [2.45, 2.75) is 26.7 Å². The van der Waals surface area contributed by atoms with Crippen molar-refractivity contribution in [2.75, 3.05) is 0 Å². The fraction of sp³-hybridized carbons (Fsp3) is 0.333. The molecule has 2 rings (SSSR count). The quantitative estimate of drug-likeness (QED) is 0.646. The van der Waals surface area contributed by atoms with E-state index in [4.69, 9.17) is 0 Å². The molecule has 15 heavy (non-hydrogen) atoms. The maximum Gasteiger partial charge on any atom is 0.139 e. The molecule has 0 bridgehead atoms. The minimum atomic E-state index is 0.442. The van der Waals surface area contributed by atoms with E-state index < -0.39 is 0 Å². The van der Waals surface area contributed by atoms with Gasteiger partial charge < -0.3 is 0 Å². The van der Waals surface area contributed by atoms with Crippen LogP contribution in [0.15, 0.2) is 18.5 Å². The van der Waals surface area contributed by atoms with Crippen LogP contribution in [-0.4, -0.2) is 17.8 Å². The van der Waals surface area contributed by atoms with Gasteiger partial charge in [-0.1, -0.05) is 31.4 Å². The van der Waals surface area contributed by atoms with Crippen LogP contribution in [-0.2, 0) is 0 Å². The van der Waals surface area contributed by atoms with Gasteiger partial charge in [0, 0.05) is 5.39 Å². The zero-order chi connectivity index (χ0) is 11.0. The Balaban J connectivity index is 2.83. The molecule has 0 aliphatic rings. The first kappa shape index (κ1) is 10.2. The first-order valence-corrected chi connectivity index (χ1v) is 5.32. The number of benzene rings is 1. The molecule has 0 aliphatic heterocycles. The minimum absolute atomic E-state index is 0.442. The van der Waals surface area contributed by atoms with Gasteiger partial charge in [0.05, 0.1) is 11.2 Å². The van der Waals surface area contributed by atoms with Crippen molar-refractivity contribution in [1.82, 2.24) is 9.97 Å². The summed E-state index contributed by atoms with van der Waals surface area (Å²) in [7, 11) is 2.12. The fourth-order valence-electron chi connectivity index (χ4n) is 1.85. The highest BCUT2D eigenvalue weighted by molar-refractivity contribution is 6.34. The Kier molecular flexibility index (Phi) is 2.47. The molecule has 0 saturated carbocycles. The third kappa shape index (κ3) is 1.62. The highest BCUT2D eigenvalue weighted by Gasteiger charge is 2.09. The van der Waals surface area contributed by atoms with Crippen molar-refractivity contribution >= 4 is 24.2 Å². The molecule has 0 amide bonds. The normalized spacial score (nSPS) is 11.2. The molecule has 3 heteroatoms. The molecule has 0 aliphatic carbocycles. The molecule has 0 N–H and O–H groups in total. The van der Waals surface area contributed by atoms with Gasteiger partial charge in [0.15, 0.2) is 0 Å². The van der Waals surface area contributed by atoms with Crippen LogP contribution in [0.25, 0.3) is 10.9 Å². The SMILES string of the molecule is Bc1ccc2c(C(C)C)ncnc2c1C. The Hall–Kier alpha value is -1.38. The van der Waals surface area contributed by atoms with Crippen LogP contribution in [0.5, 0.6) is 0 Å². The lowest BCUT2D eigenvalue weighted by Crippen LogP contribution is -2.09.